The van der Waals surface area contributed by atoms with Crippen LogP contribution >= 0.6 is 0 Å². The molecule has 2 rings (SSSR count). The van der Waals surface area contributed by atoms with Crippen molar-refractivity contribution < 1.29 is 0 Å². The van der Waals surface area contributed by atoms with E-state index in [1.165, 1.54) is 45.2 Å². The topological polar surface area (TPSA) is 38.0 Å². The minimum absolute atomic E-state index is 0.531. The van der Waals surface area contributed by atoms with Crippen molar-refractivity contribution in [2.24, 2.45) is 17.1 Å². The highest BCUT2D eigenvalue weighted by Crippen LogP contribution is 2.46. The molecule has 0 bridgehead atoms. The summed E-state index contributed by atoms with van der Waals surface area (Å²) in [4.78, 5) is 0. The fraction of sp³-hybridized carbons (Fsp3) is 1.00. The lowest BCUT2D eigenvalue weighted by atomic mass is 9.61. The van der Waals surface area contributed by atoms with Crippen molar-refractivity contribution in [3.05, 3.63) is 0 Å². The number of nitrogens with one attached hydrogen (secondary N) is 1. The highest BCUT2D eigenvalue weighted by molar-refractivity contribution is 4.94. The molecule has 2 fully saturated rings. The van der Waals surface area contributed by atoms with Crippen molar-refractivity contribution in [2.45, 2.75) is 32.1 Å². The first kappa shape index (κ1) is 8.52. The molecule has 70 valence electrons. The monoisotopic (exact) mass is 168 g/mol. The van der Waals surface area contributed by atoms with Gasteiger partial charge in [0.25, 0.3) is 0 Å². The molecule has 0 atom stereocenters. The molecule has 1 heterocycles. The fourth-order valence-electron chi connectivity index (χ4n) is 2.72. The summed E-state index contributed by atoms with van der Waals surface area (Å²) in [5.74, 6) is 0.963. The maximum absolute atomic E-state index is 5.92. The minimum Gasteiger partial charge on any atom is -0.330 e. The lowest BCUT2D eigenvalue weighted by Gasteiger charge is -2.47. The first-order chi connectivity index (χ1) is 5.87. The molecule has 0 aromatic heterocycles. The third-order valence-corrected chi connectivity index (χ3v) is 3.98. The molecule has 0 radical (unpaired) electrons. The third kappa shape index (κ3) is 1.27. The summed E-state index contributed by atoms with van der Waals surface area (Å²) in [6.07, 6.45) is 6.95. The van der Waals surface area contributed by atoms with E-state index in [0.717, 1.165) is 12.5 Å². The zero-order valence-electron chi connectivity index (χ0n) is 7.81. The number of hydrogen-bond donors (Lipinski definition) is 2. The van der Waals surface area contributed by atoms with Gasteiger partial charge in [0.05, 0.1) is 0 Å². The van der Waals surface area contributed by atoms with E-state index in [9.17, 15) is 0 Å². The van der Waals surface area contributed by atoms with E-state index in [4.69, 9.17) is 5.73 Å². The minimum atomic E-state index is 0.531. The predicted molar refractivity (Wildman–Crippen MR) is 50.9 cm³/mol. The molecule has 2 heteroatoms. The van der Waals surface area contributed by atoms with E-state index in [1.807, 2.05) is 0 Å². The number of rotatable bonds is 2. The molecule has 0 aromatic carbocycles. The normalized spacial score (nSPS) is 29.8. The highest BCUT2D eigenvalue weighted by atomic mass is 14.9. The Bertz CT molecular complexity index is 146. The Balaban J connectivity index is 2.00. The Morgan fingerprint density at radius 1 is 1.25 bits per heavy atom. The van der Waals surface area contributed by atoms with Crippen LogP contribution in [-0.4, -0.2) is 19.6 Å². The maximum Gasteiger partial charge on any atom is -0.00169 e. The lowest BCUT2D eigenvalue weighted by molar-refractivity contribution is 0.0562. The van der Waals surface area contributed by atoms with Crippen molar-refractivity contribution in [3.63, 3.8) is 0 Å². The molecule has 2 aliphatic rings. The Kier molecular flexibility index (Phi) is 2.37. The molecule has 1 saturated heterocycles. The Morgan fingerprint density at radius 2 is 1.92 bits per heavy atom. The van der Waals surface area contributed by atoms with Crippen molar-refractivity contribution >= 4 is 0 Å². The zero-order valence-corrected chi connectivity index (χ0v) is 7.81. The highest BCUT2D eigenvalue weighted by Gasteiger charge is 2.41. The summed E-state index contributed by atoms with van der Waals surface area (Å²) in [6, 6.07) is 0. The van der Waals surface area contributed by atoms with Gasteiger partial charge in [-0.15, -0.1) is 0 Å². The van der Waals surface area contributed by atoms with Crippen molar-refractivity contribution in [1.29, 1.82) is 0 Å². The second-order valence-corrected chi connectivity index (χ2v) is 4.44. The van der Waals surface area contributed by atoms with Gasteiger partial charge in [0.2, 0.25) is 0 Å². The average molecular weight is 168 g/mol. The van der Waals surface area contributed by atoms with Crippen LogP contribution in [0.4, 0.5) is 0 Å². The van der Waals surface area contributed by atoms with E-state index < -0.39 is 0 Å². The predicted octanol–water partition coefficient (Wildman–Crippen LogP) is 1.11. The van der Waals surface area contributed by atoms with E-state index >= 15 is 0 Å². The Hall–Kier alpha value is -0.0800. The number of hydrogen-bond acceptors (Lipinski definition) is 2. The van der Waals surface area contributed by atoms with Gasteiger partial charge in [0, 0.05) is 0 Å². The number of nitrogens with two attached hydrogens (primary N) is 1. The lowest BCUT2D eigenvalue weighted by Crippen LogP contribution is -2.48. The van der Waals surface area contributed by atoms with Gasteiger partial charge in [-0.05, 0) is 56.7 Å². The van der Waals surface area contributed by atoms with Crippen molar-refractivity contribution in [2.75, 3.05) is 19.6 Å². The van der Waals surface area contributed by atoms with Crippen LogP contribution in [0.1, 0.15) is 32.1 Å². The standard InChI is InChI=1S/C10H20N2/c11-8-10(9-2-1-3-9)4-6-12-7-5-10/h9,12H,1-8,11H2. The first-order valence-electron chi connectivity index (χ1n) is 5.28. The third-order valence-electron chi connectivity index (χ3n) is 3.98. The molecule has 12 heavy (non-hydrogen) atoms. The largest absolute Gasteiger partial charge is 0.330 e. The second-order valence-electron chi connectivity index (χ2n) is 4.44. The van der Waals surface area contributed by atoms with Crippen LogP contribution in [0.15, 0.2) is 0 Å². The van der Waals surface area contributed by atoms with Crippen LogP contribution in [-0.2, 0) is 0 Å². The summed E-state index contributed by atoms with van der Waals surface area (Å²) < 4.78 is 0. The quantitative estimate of drug-likeness (QED) is 0.648. The van der Waals surface area contributed by atoms with Gasteiger partial charge >= 0.3 is 0 Å². The summed E-state index contributed by atoms with van der Waals surface area (Å²) in [7, 11) is 0. The molecule has 0 amide bonds. The number of piperidine rings is 1. The van der Waals surface area contributed by atoms with Crippen LogP contribution in [0.25, 0.3) is 0 Å². The smallest absolute Gasteiger partial charge is 0.00169 e. The molecule has 1 aliphatic carbocycles. The van der Waals surface area contributed by atoms with Gasteiger partial charge in [-0.25, -0.2) is 0 Å². The van der Waals surface area contributed by atoms with Gasteiger partial charge in [-0.2, -0.15) is 0 Å². The van der Waals surface area contributed by atoms with E-state index in [1.54, 1.807) is 0 Å². The van der Waals surface area contributed by atoms with E-state index in [0.29, 0.717) is 5.41 Å². The van der Waals surface area contributed by atoms with Crippen LogP contribution in [0, 0.1) is 11.3 Å². The molecular formula is C10H20N2. The summed E-state index contributed by atoms with van der Waals surface area (Å²) in [5, 5.41) is 3.42. The molecule has 0 aromatic rings. The summed E-state index contributed by atoms with van der Waals surface area (Å²) >= 11 is 0. The maximum atomic E-state index is 5.92. The van der Waals surface area contributed by atoms with Crippen molar-refractivity contribution in [1.82, 2.24) is 5.32 Å². The summed E-state index contributed by atoms with van der Waals surface area (Å²) in [5.41, 5.74) is 6.45. The van der Waals surface area contributed by atoms with Crippen LogP contribution in [0.3, 0.4) is 0 Å². The second kappa shape index (κ2) is 3.35. The van der Waals surface area contributed by atoms with Gasteiger partial charge < -0.3 is 11.1 Å². The molecule has 3 N–H and O–H groups in total. The molecule has 0 spiro atoms. The van der Waals surface area contributed by atoms with Gasteiger partial charge in [-0.3, -0.25) is 0 Å². The van der Waals surface area contributed by atoms with Crippen LogP contribution < -0.4 is 11.1 Å². The van der Waals surface area contributed by atoms with E-state index in [2.05, 4.69) is 5.32 Å². The zero-order chi connectivity index (χ0) is 8.44. The Morgan fingerprint density at radius 3 is 2.33 bits per heavy atom. The first-order valence-corrected chi connectivity index (χ1v) is 5.28. The molecule has 0 unspecified atom stereocenters. The molecule has 2 nitrogen and oxygen atoms in total. The molecule has 1 saturated carbocycles. The average Bonchev–Trinajstić information content (AvgIpc) is 2.03. The Labute approximate surface area is 74.9 Å². The van der Waals surface area contributed by atoms with Crippen LogP contribution in [0.5, 0.6) is 0 Å². The van der Waals surface area contributed by atoms with Crippen LogP contribution in [0.2, 0.25) is 0 Å². The van der Waals surface area contributed by atoms with E-state index in [-0.39, 0.29) is 0 Å². The molecular weight excluding hydrogens is 148 g/mol. The summed E-state index contributed by atoms with van der Waals surface area (Å²) in [6.45, 7) is 3.29. The van der Waals surface area contributed by atoms with Gasteiger partial charge in [0.1, 0.15) is 0 Å². The van der Waals surface area contributed by atoms with Gasteiger partial charge in [-0.1, -0.05) is 6.42 Å². The van der Waals surface area contributed by atoms with Crippen molar-refractivity contribution in [3.8, 4) is 0 Å². The fourth-order valence-corrected chi connectivity index (χ4v) is 2.72. The van der Waals surface area contributed by atoms with Gasteiger partial charge in [0.15, 0.2) is 0 Å². The molecule has 1 aliphatic heterocycles. The SMILES string of the molecule is NCC1(C2CCC2)CCNCC1.